The summed E-state index contributed by atoms with van der Waals surface area (Å²) >= 11 is 0. The molecule has 0 saturated heterocycles. The Balaban J connectivity index is 2.01. The summed E-state index contributed by atoms with van der Waals surface area (Å²) in [6.45, 7) is -1.56. The maximum atomic E-state index is 8.01. The Bertz CT molecular complexity index is 1090. The second-order valence-corrected chi connectivity index (χ2v) is 5.13. The molecule has 4 heteroatoms. The first-order chi connectivity index (χ1) is 11.1. The fourth-order valence-corrected chi connectivity index (χ4v) is 3.23. The average Bonchev–Trinajstić information content (AvgIpc) is 3.12. The standard InChI is InChI=1S/C16H13N4/c1-18-14-8-12-9-17-6-7-19(12)16(14)20-10-11-4-2-3-5-13(11)15(18)20/h2-9H,10H2,1H3/q+1/i1D3. The molecule has 1 aliphatic rings. The van der Waals surface area contributed by atoms with Crippen molar-refractivity contribution in [2.45, 2.75) is 6.54 Å². The van der Waals surface area contributed by atoms with Crippen molar-refractivity contribution in [3.63, 3.8) is 0 Å². The lowest BCUT2D eigenvalue weighted by atomic mass is 10.1. The van der Waals surface area contributed by atoms with E-state index in [1.807, 2.05) is 34.9 Å². The van der Waals surface area contributed by atoms with Crippen LogP contribution in [-0.2, 0) is 13.5 Å². The molecule has 0 spiro atoms. The van der Waals surface area contributed by atoms with E-state index in [0.717, 1.165) is 28.1 Å². The molecular formula is C16H13N4+. The topological polar surface area (TPSA) is 26.1 Å². The molecule has 4 nitrogen and oxygen atoms in total. The summed E-state index contributed by atoms with van der Waals surface area (Å²) in [7, 11) is 0. The summed E-state index contributed by atoms with van der Waals surface area (Å²) in [5, 5.41) is 0. The predicted octanol–water partition coefficient (Wildman–Crippen LogP) is 2.14. The normalized spacial score (nSPS) is 15.9. The van der Waals surface area contributed by atoms with Gasteiger partial charge in [-0.25, -0.2) is 8.97 Å². The SMILES string of the molecule is [2H]C([2H])([2H])n1c2[n+](c3c1cc1cnccn13)Cc1ccccc1-2. The van der Waals surface area contributed by atoms with Crippen molar-refractivity contribution in [1.29, 1.82) is 0 Å². The summed E-state index contributed by atoms with van der Waals surface area (Å²) in [6, 6.07) is 9.87. The molecule has 4 aromatic rings. The van der Waals surface area contributed by atoms with Gasteiger partial charge in [0.1, 0.15) is 5.52 Å². The molecule has 96 valence electrons. The number of nitrogens with zero attached hydrogens (tertiary/aromatic N) is 4. The molecule has 3 aromatic heterocycles. The van der Waals surface area contributed by atoms with Gasteiger partial charge in [-0.15, -0.1) is 0 Å². The van der Waals surface area contributed by atoms with Gasteiger partial charge < -0.3 is 0 Å². The van der Waals surface area contributed by atoms with Crippen molar-refractivity contribution < 1.29 is 8.68 Å². The molecule has 5 rings (SSSR count). The Morgan fingerprint density at radius 2 is 2.30 bits per heavy atom. The number of aryl methyl sites for hydroxylation is 1. The Morgan fingerprint density at radius 3 is 3.25 bits per heavy atom. The number of aromatic nitrogens is 4. The highest BCUT2D eigenvalue weighted by molar-refractivity contribution is 5.82. The van der Waals surface area contributed by atoms with Crippen molar-refractivity contribution in [2.24, 2.45) is 6.98 Å². The van der Waals surface area contributed by atoms with Gasteiger partial charge in [0.05, 0.1) is 41.8 Å². The summed E-state index contributed by atoms with van der Waals surface area (Å²) in [6.07, 6.45) is 5.34. The van der Waals surface area contributed by atoms with E-state index >= 15 is 0 Å². The van der Waals surface area contributed by atoms with Crippen molar-refractivity contribution >= 4 is 16.7 Å². The largest absolute Gasteiger partial charge is 0.273 e. The van der Waals surface area contributed by atoms with Gasteiger partial charge in [0.15, 0.2) is 5.52 Å². The van der Waals surface area contributed by atoms with Crippen molar-refractivity contribution in [1.82, 2.24) is 14.0 Å². The number of hydrogen-bond donors (Lipinski definition) is 0. The van der Waals surface area contributed by atoms with Crippen LogP contribution in [0.2, 0.25) is 0 Å². The highest BCUT2D eigenvalue weighted by Gasteiger charge is 2.32. The minimum Gasteiger partial charge on any atom is -0.258 e. The van der Waals surface area contributed by atoms with E-state index in [4.69, 9.17) is 4.11 Å². The third-order valence-corrected chi connectivity index (χ3v) is 4.08. The van der Waals surface area contributed by atoms with E-state index in [-0.39, 0.29) is 0 Å². The fraction of sp³-hybridized carbons (Fsp3) is 0.125. The van der Waals surface area contributed by atoms with Gasteiger partial charge in [-0.3, -0.25) is 9.55 Å². The van der Waals surface area contributed by atoms with E-state index in [1.54, 1.807) is 12.4 Å². The first-order valence-electron chi connectivity index (χ1n) is 8.04. The van der Waals surface area contributed by atoms with Crippen LogP contribution in [0.15, 0.2) is 48.9 Å². The number of hydrogen-bond acceptors (Lipinski definition) is 1. The Hall–Kier alpha value is -2.62. The number of benzene rings is 1. The van der Waals surface area contributed by atoms with Gasteiger partial charge in [0, 0.05) is 11.6 Å². The third-order valence-electron chi connectivity index (χ3n) is 4.08. The molecule has 0 radical (unpaired) electrons. The zero-order chi connectivity index (χ0) is 15.8. The van der Waals surface area contributed by atoms with Crippen LogP contribution < -0.4 is 4.57 Å². The molecule has 1 aromatic carbocycles. The zero-order valence-corrected chi connectivity index (χ0v) is 10.6. The summed E-state index contributed by atoms with van der Waals surface area (Å²) in [5.74, 6) is 0.747. The van der Waals surface area contributed by atoms with E-state index in [1.165, 1.54) is 4.57 Å². The van der Waals surface area contributed by atoms with Crippen LogP contribution in [0.1, 0.15) is 9.68 Å². The van der Waals surface area contributed by atoms with Crippen LogP contribution in [0.3, 0.4) is 0 Å². The molecule has 0 amide bonds. The lowest BCUT2D eigenvalue weighted by molar-refractivity contribution is -0.648. The zero-order valence-electron chi connectivity index (χ0n) is 13.6. The molecule has 0 unspecified atom stereocenters. The number of rotatable bonds is 0. The third kappa shape index (κ3) is 1.04. The van der Waals surface area contributed by atoms with Crippen molar-refractivity contribution in [2.75, 3.05) is 0 Å². The highest BCUT2D eigenvalue weighted by atomic mass is 15.2. The fourth-order valence-electron chi connectivity index (χ4n) is 3.23. The van der Waals surface area contributed by atoms with Gasteiger partial charge >= 0.3 is 0 Å². The van der Waals surface area contributed by atoms with Gasteiger partial charge in [-0.2, -0.15) is 0 Å². The minimum absolute atomic E-state index is 0.680. The van der Waals surface area contributed by atoms with E-state index in [9.17, 15) is 0 Å². The van der Waals surface area contributed by atoms with Crippen molar-refractivity contribution in [3.05, 3.63) is 54.5 Å². The highest BCUT2D eigenvalue weighted by Crippen LogP contribution is 2.31. The Labute approximate surface area is 119 Å². The lowest BCUT2D eigenvalue weighted by Gasteiger charge is -1.96. The summed E-state index contributed by atoms with van der Waals surface area (Å²) in [4.78, 5) is 4.13. The molecule has 0 N–H and O–H groups in total. The van der Waals surface area contributed by atoms with E-state index in [2.05, 4.69) is 15.6 Å². The van der Waals surface area contributed by atoms with Crippen LogP contribution in [0.25, 0.3) is 28.1 Å². The second kappa shape index (κ2) is 3.28. The van der Waals surface area contributed by atoms with Gasteiger partial charge in [0.2, 0.25) is 5.82 Å². The molecular weight excluding hydrogens is 248 g/mol. The molecule has 20 heavy (non-hydrogen) atoms. The van der Waals surface area contributed by atoms with Crippen LogP contribution in [-0.4, -0.2) is 14.0 Å². The Morgan fingerprint density at radius 1 is 1.35 bits per heavy atom. The molecule has 4 heterocycles. The molecule has 1 aliphatic heterocycles. The molecule has 0 atom stereocenters. The summed E-state index contributed by atoms with van der Waals surface area (Å²) < 4.78 is 29.6. The van der Waals surface area contributed by atoms with Crippen LogP contribution in [0.4, 0.5) is 0 Å². The minimum atomic E-state index is -2.24. The van der Waals surface area contributed by atoms with Crippen LogP contribution in [0, 0.1) is 0 Å². The first kappa shape index (κ1) is 7.85. The van der Waals surface area contributed by atoms with Crippen LogP contribution >= 0.6 is 0 Å². The smallest absolute Gasteiger partial charge is 0.258 e. The maximum Gasteiger partial charge on any atom is 0.273 e. The molecule has 0 saturated carbocycles. The van der Waals surface area contributed by atoms with Gasteiger partial charge in [0.25, 0.3) is 5.65 Å². The maximum absolute atomic E-state index is 8.01. The molecule has 0 fully saturated rings. The lowest BCUT2D eigenvalue weighted by Crippen LogP contribution is -2.32. The first-order valence-corrected chi connectivity index (χ1v) is 6.54. The number of fused-ring (bicyclic) bond motifs is 7. The Kier molecular flexibility index (Phi) is 1.29. The predicted molar refractivity (Wildman–Crippen MR) is 76.4 cm³/mol. The van der Waals surface area contributed by atoms with Gasteiger partial charge in [-0.05, 0) is 6.07 Å². The quantitative estimate of drug-likeness (QED) is 0.394. The van der Waals surface area contributed by atoms with Crippen LogP contribution in [0.5, 0.6) is 0 Å². The van der Waals surface area contributed by atoms with Crippen molar-refractivity contribution in [3.8, 4) is 11.4 Å². The molecule has 0 bridgehead atoms. The van der Waals surface area contributed by atoms with E-state index in [0.29, 0.717) is 12.1 Å². The van der Waals surface area contributed by atoms with Gasteiger partial charge in [-0.1, -0.05) is 18.2 Å². The van der Waals surface area contributed by atoms with E-state index < -0.39 is 6.98 Å². The molecule has 0 aliphatic carbocycles. The average molecular weight is 264 g/mol. The summed E-state index contributed by atoms with van der Waals surface area (Å²) in [5.41, 5.74) is 4.63. The number of imidazole rings is 1. The second-order valence-electron chi connectivity index (χ2n) is 5.13. The monoisotopic (exact) mass is 264 g/mol.